The van der Waals surface area contributed by atoms with Gasteiger partial charge < -0.3 is 0 Å². The lowest BCUT2D eigenvalue weighted by Crippen LogP contribution is -2.28. The fraction of sp³-hybridized carbons (Fsp3) is 0.0312. The number of halogens is 1. The molecule has 0 spiro atoms. The summed E-state index contributed by atoms with van der Waals surface area (Å²) in [5, 5.41) is 1.26. The van der Waals surface area contributed by atoms with E-state index in [0.29, 0.717) is 0 Å². The van der Waals surface area contributed by atoms with E-state index >= 15 is 0 Å². The first-order valence-electron chi connectivity index (χ1n) is 11.6. The Morgan fingerprint density at radius 2 is 1.11 bits per heavy atom. The van der Waals surface area contributed by atoms with Gasteiger partial charge in [0.2, 0.25) is 5.52 Å². The molecule has 1 aromatic heterocycles. The number of para-hydroxylation sites is 1. The van der Waals surface area contributed by atoms with Crippen molar-refractivity contribution in [2.45, 2.75) is 0 Å². The summed E-state index contributed by atoms with van der Waals surface area (Å²) in [7, 11) is 2.18. The summed E-state index contributed by atoms with van der Waals surface area (Å²) in [6.07, 6.45) is 0. The van der Waals surface area contributed by atoms with Gasteiger partial charge in [0, 0.05) is 10.5 Å². The summed E-state index contributed by atoms with van der Waals surface area (Å²) < 4.78 is 4.72. The molecule has 0 saturated heterocycles. The standard InChI is InChI=1S/C32H23BrNS/c1-34-29-14-8-9-15-30(29)35-32(34)31-27(23-10-4-2-5-11-23)20-25(22-16-18-26(33)19-17-22)21-28(31)24-12-6-3-7-13-24/h2-21H,1H3/q+1. The fourth-order valence-corrected chi connectivity index (χ4v) is 6.18. The van der Waals surface area contributed by atoms with Crippen LogP contribution in [-0.4, -0.2) is 0 Å². The number of fused-ring (bicyclic) bond motifs is 1. The molecule has 0 bridgehead atoms. The van der Waals surface area contributed by atoms with E-state index in [0.717, 1.165) is 4.47 Å². The number of rotatable bonds is 4. The molecule has 0 saturated carbocycles. The van der Waals surface area contributed by atoms with Crippen LogP contribution in [0.2, 0.25) is 0 Å². The Labute approximate surface area is 218 Å². The molecule has 0 N–H and O–H groups in total. The van der Waals surface area contributed by atoms with Crippen LogP contribution >= 0.6 is 27.3 Å². The van der Waals surface area contributed by atoms with E-state index in [-0.39, 0.29) is 0 Å². The van der Waals surface area contributed by atoms with Crippen molar-refractivity contribution in [2.24, 2.45) is 7.05 Å². The van der Waals surface area contributed by atoms with E-state index in [4.69, 9.17) is 0 Å². The van der Waals surface area contributed by atoms with E-state index in [2.05, 4.69) is 149 Å². The van der Waals surface area contributed by atoms with Gasteiger partial charge in [-0.25, -0.2) is 0 Å². The molecular formula is C32H23BrNS+. The smallest absolute Gasteiger partial charge is 0.184 e. The van der Waals surface area contributed by atoms with Gasteiger partial charge in [-0.15, -0.1) is 0 Å². The van der Waals surface area contributed by atoms with Crippen LogP contribution in [0.25, 0.3) is 54.2 Å². The predicted octanol–water partition coefficient (Wildman–Crippen LogP) is 9.16. The number of nitrogens with zero attached hydrogens (tertiary/aromatic N) is 1. The molecule has 0 amide bonds. The first-order chi connectivity index (χ1) is 17.2. The van der Waals surface area contributed by atoms with Gasteiger partial charge in [-0.2, -0.15) is 4.57 Å². The van der Waals surface area contributed by atoms with Crippen molar-refractivity contribution >= 4 is 37.5 Å². The Balaban J connectivity index is 1.73. The molecular weight excluding hydrogens is 510 g/mol. The second kappa shape index (κ2) is 9.26. The molecule has 35 heavy (non-hydrogen) atoms. The van der Waals surface area contributed by atoms with E-state index in [9.17, 15) is 0 Å². The van der Waals surface area contributed by atoms with Crippen molar-refractivity contribution in [2.75, 3.05) is 0 Å². The van der Waals surface area contributed by atoms with Crippen LogP contribution in [0.1, 0.15) is 0 Å². The molecule has 0 aliphatic carbocycles. The molecule has 0 fully saturated rings. The van der Waals surface area contributed by atoms with E-state index in [1.165, 1.54) is 54.2 Å². The summed E-state index contributed by atoms with van der Waals surface area (Å²) in [5.41, 5.74) is 9.86. The van der Waals surface area contributed by atoms with E-state index in [1.54, 1.807) is 0 Å². The van der Waals surface area contributed by atoms with Gasteiger partial charge >= 0.3 is 0 Å². The SMILES string of the molecule is C[n+]1c(-c2c(-c3ccccc3)cc(-c3ccc(Br)cc3)cc2-c2ccccc2)sc2ccccc21. The maximum Gasteiger partial charge on any atom is 0.271 e. The number of hydrogen-bond acceptors (Lipinski definition) is 1. The highest BCUT2D eigenvalue weighted by atomic mass is 79.9. The largest absolute Gasteiger partial charge is 0.271 e. The van der Waals surface area contributed by atoms with Crippen LogP contribution in [0, 0.1) is 0 Å². The van der Waals surface area contributed by atoms with Gasteiger partial charge in [-0.3, -0.25) is 0 Å². The molecule has 5 aromatic carbocycles. The topological polar surface area (TPSA) is 3.88 Å². The molecule has 0 unspecified atom stereocenters. The van der Waals surface area contributed by atoms with Crippen molar-refractivity contribution < 1.29 is 4.57 Å². The summed E-state index contributed by atoms with van der Waals surface area (Å²) in [6.45, 7) is 0. The highest BCUT2D eigenvalue weighted by molar-refractivity contribution is 9.10. The van der Waals surface area contributed by atoms with Crippen molar-refractivity contribution in [3.05, 3.63) is 126 Å². The lowest BCUT2D eigenvalue weighted by Gasteiger charge is -2.16. The zero-order valence-electron chi connectivity index (χ0n) is 19.3. The third-order valence-electron chi connectivity index (χ3n) is 6.44. The Hall–Kier alpha value is -3.53. The lowest BCUT2D eigenvalue weighted by molar-refractivity contribution is -0.629. The quantitative estimate of drug-likeness (QED) is 0.199. The van der Waals surface area contributed by atoms with Crippen LogP contribution in [0.5, 0.6) is 0 Å². The summed E-state index contributed by atoms with van der Waals surface area (Å²) in [5.74, 6) is 0. The first kappa shape index (κ1) is 22.0. The molecule has 0 aliphatic heterocycles. The third-order valence-corrected chi connectivity index (χ3v) is 8.20. The highest BCUT2D eigenvalue weighted by Crippen LogP contribution is 2.44. The maximum absolute atomic E-state index is 3.59. The van der Waals surface area contributed by atoms with E-state index < -0.39 is 0 Å². The van der Waals surface area contributed by atoms with E-state index in [1.807, 2.05) is 11.3 Å². The van der Waals surface area contributed by atoms with Crippen LogP contribution in [-0.2, 0) is 7.05 Å². The summed E-state index contributed by atoms with van der Waals surface area (Å²) in [4.78, 5) is 0. The van der Waals surface area contributed by atoms with Crippen LogP contribution in [0.4, 0.5) is 0 Å². The number of aryl methyl sites for hydroxylation is 1. The first-order valence-corrected chi connectivity index (χ1v) is 13.2. The zero-order chi connectivity index (χ0) is 23.8. The molecule has 6 rings (SSSR count). The van der Waals surface area contributed by atoms with Gasteiger partial charge in [-0.1, -0.05) is 112 Å². The number of hydrogen-bond donors (Lipinski definition) is 0. The molecule has 0 aliphatic rings. The average molecular weight is 534 g/mol. The van der Waals surface area contributed by atoms with Crippen molar-refractivity contribution in [1.82, 2.24) is 0 Å². The van der Waals surface area contributed by atoms with Gasteiger partial charge in [-0.05, 0) is 63.7 Å². The molecule has 3 heteroatoms. The normalized spacial score (nSPS) is 11.1. The number of benzene rings is 5. The predicted molar refractivity (Wildman–Crippen MR) is 152 cm³/mol. The van der Waals surface area contributed by atoms with Gasteiger partial charge in [0.15, 0.2) is 0 Å². The number of aromatic nitrogens is 1. The molecule has 1 nitrogen and oxygen atoms in total. The Morgan fingerprint density at radius 3 is 1.69 bits per heavy atom. The summed E-state index contributed by atoms with van der Waals surface area (Å²) in [6, 6.07) is 43.5. The van der Waals surface area contributed by atoms with Gasteiger partial charge in [0.25, 0.3) is 5.01 Å². The molecule has 0 radical (unpaired) electrons. The minimum atomic E-state index is 1.08. The molecule has 0 atom stereocenters. The second-order valence-corrected chi connectivity index (χ2v) is 10.6. The van der Waals surface area contributed by atoms with Crippen molar-refractivity contribution in [3.63, 3.8) is 0 Å². The molecule has 6 aromatic rings. The Kier molecular flexibility index (Phi) is 5.81. The fourth-order valence-electron chi connectivity index (χ4n) is 4.69. The monoisotopic (exact) mass is 532 g/mol. The summed E-state index contributed by atoms with van der Waals surface area (Å²) >= 11 is 5.44. The maximum atomic E-state index is 3.59. The van der Waals surface area contributed by atoms with Crippen molar-refractivity contribution in [1.29, 1.82) is 0 Å². The minimum absolute atomic E-state index is 1.08. The molecule has 1 heterocycles. The highest BCUT2D eigenvalue weighted by Gasteiger charge is 2.26. The Bertz CT molecular complexity index is 1570. The Morgan fingerprint density at radius 1 is 0.571 bits per heavy atom. The molecule has 168 valence electrons. The van der Waals surface area contributed by atoms with Crippen LogP contribution in [0.3, 0.4) is 0 Å². The zero-order valence-corrected chi connectivity index (χ0v) is 21.7. The van der Waals surface area contributed by atoms with Gasteiger partial charge in [0.05, 0.1) is 5.56 Å². The second-order valence-electron chi connectivity index (χ2n) is 8.62. The van der Waals surface area contributed by atoms with Crippen LogP contribution in [0.15, 0.2) is 126 Å². The van der Waals surface area contributed by atoms with Crippen molar-refractivity contribution in [3.8, 4) is 44.0 Å². The van der Waals surface area contributed by atoms with Crippen LogP contribution < -0.4 is 4.57 Å². The lowest BCUT2D eigenvalue weighted by atomic mass is 9.88. The minimum Gasteiger partial charge on any atom is -0.184 e. The third kappa shape index (κ3) is 4.12. The number of thiazole rings is 1. The average Bonchev–Trinajstić information content (AvgIpc) is 3.25. The van der Waals surface area contributed by atoms with Gasteiger partial charge in [0.1, 0.15) is 11.7 Å².